The van der Waals surface area contributed by atoms with Gasteiger partial charge in [-0.2, -0.15) is 0 Å². The smallest absolute Gasteiger partial charge is 0.0951 e. The Balaban J connectivity index is 0. The molecule has 0 amide bonds. The summed E-state index contributed by atoms with van der Waals surface area (Å²) in [5.41, 5.74) is 0. The van der Waals surface area contributed by atoms with E-state index in [4.69, 9.17) is 0 Å². The van der Waals surface area contributed by atoms with Gasteiger partial charge in [0, 0.05) is 20.6 Å². The van der Waals surface area contributed by atoms with E-state index in [1.807, 2.05) is 34.9 Å². The molecule has 0 aliphatic heterocycles. The lowest BCUT2D eigenvalue weighted by Gasteiger charge is -2.14. The summed E-state index contributed by atoms with van der Waals surface area (Å²) in [6.45, 7) is 9.14. The summed E-state index contributed by atoms with van der Waals surface area (Å²) >= 11 is 0. The van der Waals surface area contributed by atoms with E-state index in [1.54, 1.807) is 0 Å². The van der Waals surface area contributed by atoms with Crippen LogP contribution in [0.15, 0.2) is 4.99 Å². The predicted octanol–water partition coefficient (Wildman–Crippen LogP) is 2.01. The maximum absolute atomic E-state index is 4.00. The van der Waals surface area contributed by atoms with Crippen molar-refractivity contribution in [2.45, 2.75) is 27.7 Å². The first kappa shape index (κ1) is 12.2. The quantitative estimate of drug-likeness (QED) is 0.406. The third-order valence-electron chi connectivity index (χ3n) is 1.35. The highest BCUT2D eigenvalue weighted by Gasteiger charge is 1.91. The average molecular weight is 144 g/mol. The molecule has 0 aromatic rings. The first-order valence-electron chi connectivity index (χ1n) is 3.86. The summed E-state index contributed by atoms with van der Waals surface area (Å²) in [5, 5.41) is 0. The Kier molecular flexibility index (Phi) is 10.3. The molecule has 0 heterocycles. The largest absolute Gasteiger partial charge is 0.364 e. The van der Waals surface area contributed by atoms with Crippen molar-refractivity contribution in [3.05, 3.63) is 0 Å². The molecule has 0 aromatic carbocycles. The molecule has 0 rings (SSSR count). The van der Waals surface area contributed by atoms with E-state index in [9.17, 15) is 0 Å². The number of amidine groups is 1. The maximum Gasteiger partial charge on any atom is 0.0951 e. The molecule has 0 radical (unpaired) electrons. The fraction of sp³-hybridized carbons (Fsp3) is 0.875. The van der Waals surface area contributed by atoms with Gasteiger partial charge in [-0.25, -0.2) is 0 Å². The molecule has 0 spiro atoms. The molecule has 0 saturated heterocycles. The normalized spacial score (nSPS) is 10.0. The number of nitrogens with zero attached hydrogens (tertiary/aromatic N) is 2. The summed E-state index contributed by atoms with van der Waals surface area (Å²) in [6.07, 6.45) is 0. The zero-order valence-corrected chi connectivity index (χ0v) is 8.10. The number of hydrogen-bond acceptors (Lipinski definition) is 1. The molecule has 0 aliphatic carbocycles. The van der Waals surface area contributed by atoms with Crippen LogP contribution in [0.1, 0.15) is 27.7 Å². The third kappa shape index (κ3) is 5.60. The van der Waals surface area contributed by atoms with Crippen LogP contribution < -0.4 is 0 Å². The summed E-state index contributed by atoms with van der Waals surface area (Å²) < 4.78 is 0. The minimum Gasteiger partial charge on any atom is -0.364 e. The van der Waals surface area contributed by atoms with Gasteiger partial charge in [0.05, 0.1) is 5.84 Å². The fourth-order valence-electron chi connectivity index (χ4n) is 0.400. The molecule has 0 unspecified atom stereocenters. The summed E-state index contributed by atoms with van der Waals surface area (Å²) in [4.78, 5) is 6.10. The summed E-state index contributed by atoms with van der Waals surface area (Å²) in [7, 11) is 3.84. The van der Waals surface area contributed by atoms with E-state index in [0.717, 1.165) is 12.4 Å². The lowest BCUT2D eigenvalue weighted by molar-refractivity contribution is 0.531. The maximum atomic E-state index is 4.00. The molecule has 10 heavy (non-hydrogen) atoms. The van der Waals surface area contributed by atoms with Crippen LogP contribution in [0, 0.1) is 0 Å². The summed E-state index contributed by atoms with van der Waals surface area (Å²) in [6, 6.07) is 0. The molecular formula is C8H20N2. The van der Waals surface area contributed by atoms with E-state index in [1.165, 1.54) is 0 Å². The Hall–Kier alpha value is -0.530. The van der Waals surface area contributed by atoms with Crippen molar-refractivity contribution in [2.75, 3.05) is 20.6 Å². The van der Waals surface area contributed by atoms with Crippen LogP contribution in [-0.2, 0) is 0 Å². The second-order valence-electron chi connectivity index (χ2n) is 1.78. The van der Waals surface area contributed by atoms with Crippen molar-refractivity contribution in [3.8, 4) is 0 Å². The monoisotopic (exact) mass is 144 g/mol. The van der Waals surface area contributed by atoms with Gasteiger partial charge < -0.3 is 4.90 Å². The number of aliphatic imine (C=N–C) groups is 1. The van der Waals surface area contributed by atoms with Gasteiger partial charge in [-0.05, 0) is 13.8 Å². The van der Waals surface area contributed by atoms with E-state index < -0.39 is 0 Å². The van der Waals surface area contributed by atoms with Crippen molar-refractivity contribution >= 4 is 5.84 Å². The van der Waals surface area contributed by atoms with E-state index in [2.05, 4.69) is 16.8 Å². The fourth-order valence-corrected chi connectivity index (χ4v) is 0.400. The molecule has 0 bridgehead atoms. The van der Waals surface area contributed by atoms with Gasteiger partial charge in [0.2, 0.25) is 0 Å². The zero-order valence-electron chi connectivity index (χ0n) is 8.10. The second-order valence-corrected chi connectivity index (χ2v) is 1.78. The van der Waals surface area contributed by atoms with Crippen molar-refractivity contribution in [2.24, 2.45) is 4.99 Å². The second kappa shape index (κ2) is 8.47. The Bertz CT molecular complexity index is 87.3. The van der Waals surface area contributed by atoms with Crippen LogP contribution in [0.2, 0.25) is 0 Å². The lowest BCUT2D eigenvalue weighted by atomic mass is 10.5. The van der Waals surface area contributed by atoms with Gasteiger partial charge in [-0.15, -0.1) is 0 Å². The molecule has 0 atom stereocenters. The molecule has 0 N–H and O–H groups in total. The predicted molar refractivity (Wildman–Crippen MR) is 48.7 cm³/mol. The Morgan fingerprint density at radius 1 is 1.40 bits per heavy atom. The average Bonchev–Trinajstić information content (AvgIpc) is 2.05. The standard InChI is InChI=1S/C6H14N2.C2H6/c1-5-8(4)6(2)7-3;1-2/h5H2,1-4H3;1-2H3. The first-order valence-corrected chi connectivity index (χ1v) is 3.86. The number of hydrogen-bond donors (Lipinski definition) is 0. The van der Waals surface area contributed by atoms with Crippen LogP contribution in [0.5, 0.6) is 0 Å². The topological polar surface area (TPSA) is 15.6 Å². The van der Waals surface area contributed by atoms with Crippen molar-refractivity contribution in [1.29, 1.82) is 0 Å². The highest BCUT2D eigenvalue weighted by Crippen LogP contribution is 1.82. The van der Waals surface area contributed by atoms with Crippen LogP contribution in [-0.4, -0.2) is 31.4 Å². The highest BCUT2D eigenvalue weighted by atomic mass is 15.1. The minimum absolute atomic E-state index is 1.03. The Morgan fingerprint density at radius 2 is 1.80 bits per heavy atom. The number of rotatable bonds is 1. The molecule has 2 heteroatoms. The third-order valence-corrected chi connectivity index (χ3v) is 1.35. The molecule has 62 valence electrons. The molecule has 0 saturated carbocycles. The van der Waals surface area contributed by atoms with Crippen molar-refractivity contribution < 1.29 is 0 Å². The van der Waals surface area contributed by atoms with Crippen LogP contribution in [0.4, 0.5) is 0 Å². The molecular weight excluding hydrogens is 124 g/mol. The van der Waals surface area contributed by atoms with Crippen LogP contribution in [0.25, 0.3) is 0 Å². The minimum atomic E-state index is 1.03. The first-order chi connectivity index (χ1) is 4.72. The Labute approximate surface area is 65.0 Å². The van der Waals surface area contributed by atoms with Crippen LogP contribution in [0.3, 0.4) is 0 Å². The zero-order chi connectivity index (χ0) is 8.57. The van der Waals surface area contributed by atoms with Gasteiger partial charge >= 0.3 is 0 Å². The van der Waals surface area contributed by atoms with Crippen molar-refractivity contribution in [3.63, 3.8) is 0 Å². The van der Waals surface area contributed by atoms with Gasteiger partial charge in [-0.1, -0.05) is 13.8 Å². The molecule has 0 aromatic heterocycles. The SMILES string of the molecule is CC.CCN(C)C(C)=NC. The van der Waals surface area contributed by atoms with Gasteiger partial charge in [0.25, 0.3) is 0 Å². The highest BCUT2D eigenvalue weighted by molar-refractivity contribution is 5.79. The van der Waals surface area contributed by atoms with E-state index in [0.29, 0.717) is 0 Å². The molecule has 2 nitrogen and oxygen atoms in total. The Morgan fingerprint density at radius 3 is 1.90 bits per heavy atom. The van der Waals surface area contributed by atoms with Gasteiger partial charge in [0.1, 0.15) is 0 Å². The molecule has 0 fully saturated rings. The summed E-state index contributed by atoms with van der Waals surface area (Å²) in [5.74, 6) is 1.09. The van der Waals surface area contributed by atoms with Crippen molar-refractivity contribution in [1.82, 2.24) is 4.90 Å². The van der Waals surface area contributed by atoms with E-state index in [-0.39, 0.29) is 0 Å². The van der Waals surface area contributed by atoms with Crippen LogP contribution >= 0.6 is 0 Å². The lowest BCUT2D eigenvalue weighted by Crippen LogP contribution is -2.23. The van der Waals surface area contributed by atoms with Gasteiger partial charge in [0.15, 0.2) is 0 Å². The molecule has 0 aliphatic rings. The van der Waals surface area contributed by atoms with E-state index >= 15 is 0 Å². The van der Waals surface area contributed by atoms with Gasteiger partial charge in [-0.3, -0.25) is 4.99 Å².